The number of amides is 1. The van der Waals surface area contributed by atoms with E-state index in [-0.39, 0.29) is 11.9 Å². The van der Waals surface area contributed by atoms with Gasteiger partial charge in [-0.1, -0.05) is 13.3 Å². The van der Waals surface area contributed by atoms with Crippen LogP contribution in [-0.4, -0.2) is 46.1 Å². The zero-order valence-corrected chi connectivity index (χ0v) is 17.0. The van der Waals surface area contributed by atoms with Crippen LogP contribution in [0.1, 0.15) is 60.9 Å². The van der Waals surface area contributed by atoms with E-state index in [1.54, 1.807) is 13.4 Å². The van der Waals surface area contributed by atoms with Crippen LogP contribution in [0.15, 0.2) is 12.4 Å². The van der Waals surface area contributed by atoms with Crippen molar-refractivity contribution >= 4 is 11.6 Å². The van der Waals surface area contributed by atoms with Crippen molar-refractivity contribution in [3.8, 4) is 0 Å². The average molecular weight is 386 g/mol. The fourth-order valence-corrected chi connectivity index (χ4v) is 4.68. The predicted octanol–water partition coefficient (Wildman–Crippen LogP) is 2.90. The largest absolute Gasteiger partial charge is 0.378 e. The summed E-state index contributed by atoms with van der Waals surface area (Å²) < 4.78 is 13.1. The molecule has 0 unspecified atom stereocenters. The number of aryl methyl sites for hydroxylation is 1. The maximum absolute atomic E-state index is 12.9. The van der Waals surface area contributed by atoms with E-state index < -0.39 is 0 Å². The van der Waals surface area contributed by atoms with E-state index in [0.717, 1.165) is 43.7 Å². The van der Waals surface area contributed by atoms with Gasteiger partial charge in [0.05, 0.1) is 18.4 Å². The number of unbranched alkanes of at least 4 members (excludes halogenated alkanes) is 1. The van der Waals surface area contributed by atoms with Crippen molar-refractivity contribution in [3.05, 3.63) is 29.5 Å². The molecule has 152 valence electrons. The van der Waals surface area contributed by atoms with Crippen molar-refractivity contribution in [1.29, 1.82) is 0 Å². The van der Waals surface area contributed by atoms with E-state index in [0.29, 0.717) is 35.9 Å². The molecule has 3 saturated carbocycles. The average Bonchev–Trinajstić information content (AvgIpc) is 3.11. The van der Waals surface area contributed by atoms with Gasteiger partial charge in [-0.3, -0.25) is 9.20 Å². The lowest BCUT2D eigenvalue weighted by Crippen LogP contribution is -2.59. The molecule has 0 radical (unpaired) electrons. The molecule has 1 amide bonds. The zero-order chi connectivity index (χ0) is 19.7. The standard InChI is InChI=1S/C21H30N4O3/c1-4-5-6-28-17-9-14-8-15(10-17)18(14)24-21(26)19-20-23-16(11-27-3)7-13(2)25(20)12-22-19/h7,12,14-15,17-18H,4-6,8-11H2,1-3H3,(H,24,26)/t14-,15+,17+,18-. The molecule has 3 fully saturated rings. The van der Waals surface area contributed by atoms with Gasteiger partial charge < -0.3 is 14.8 Å². The monoisotopic (exact) mass is 386 g/mol. The number of hydrogen-bond donors (Lipinski definition) is 1. The SMILES string of the molecule is CCCCO[C@@H]1C[C@@H]2C[C@H](C1)[C@H]2NC(=O)c1ncn2c(C)cc(COC)nc12. The van der Waals surface area contributed by atoms with Crippen molar-refractivity contribution in [2.24, 2.45) is 11.8 Å². The Morgan fingerprint density at radius 3 is 2.82 bits per heavy atom. The van der Waals surface area contributed by atoms with E-state index >= 15 is 0 Å². The second-order valence-electron chi connectivity index (χ2n) is 8.18. The number of ether oxygens (including phenoxy) is 2. The number of carbonyl (C=O) groups excluding carboxylic acids is 1. The van der Waals surface area contributed by atoms with Crippen LogP contribution >= 0.6 is 0 Å². The Labute approximate surface area is 165 Å². The second kappa shape index (κ2) is 8.17. The molecule has 1 N–H and O–H groups in total. The first-order chi connectivity index (χ1) is 13.6. The molecule has 0 spiro atoms. The van der Waals surface area contributed by atoms with Gasteiger partial charge in [-0.05, 0) is 50.5 Å². The molecule has 2 bridgehead atoms. The molecule has 0 aliphatic heterocycles. The molecular formula is C21H30N4O3. The summed E-state index contributed by atoms with van der Waals surface area (Å²) in [6, 6.07) is 2.19. The summed E-state index contributed by atoms with van der Waals surface area (Å²) in [5, 5.41) is 3.23. The molecule has 0 aromatic carbocycles. The number of imidazole rings is 1. The van der Waals surface area contributed by atoms with Crippen molar-refractivity contribution in [2.45, 2.75) is 64.7 Å². The van der Waals surface area contributed by atoms with Gasteiger partial charge in [0.15, 0.2) is 11.3 Å². The quantitative estimate of drug-likeness (QED) is 0.706. The van der Waals surface area contributed by atoms with E-state index in [4.69, 9.17) is 9.47 Å². The van der Waals surface area contributed by atoms with Crippen LogP contribution < -0.4 is 5.32 Å². The number of hydrogen-bond acceptors (Lipinski definition) is 5. The number of rotatable bonds is 8. The maximum Gasteiger partial charge on any atom is 0.274 e. The lowest BCUT2D eigenvalue weighted by atomic mass is 9.60. The molecule has 7 nitrogen and oxygen atoms in total. The minimum atomic E-state index is -0.131. The van der Waals surface area contributed by atoms with Gasteiger partial charge in [0.1, 0.15) is 6.33 Å². The Morgan fingerprint density at radius 1 is 1.32 bits per heavy atom. The predicted molar refractivity (Wildman–Crippen MR) is 105 cm³/mol. The smallest absolute Gasteiger partial charge is 0.274 e. The topological polar surface area (TPSA) is 77.8 Å². The molecule has 2 aromatic rings. The summed E-state index contributed by atoms with van der Waals surface area (Å²) in [6.45, 7) is 5.43. The van der Waals surface area contributed by atoms with Gasteiger partial charge in [-0.25, -0.2) is 9.97 Å². The normalized spacial score (nSPS) is 26.2. The summed E-state index contributed by atoms with van der Waals surface area (Å²) in [4.78, 5) is 21.9. The molecule has 2 heterocycles. The minimum Gasteiger partial charge on any atom is -0.378 e. The highest BCUT2D eigenvalue weighted by Crippen LogP contribution is 2.46. The fourth-order valence-electron chi connectivity index (χ4n) is 4.68. The summed E-state index contributed by atoms with van der Waals surface area (Å²) in [7, 11) is 1.64. The first-order valence-corrected chi connectivity index (χ1v) is 10.4. The Hall–Kier alpha value is -1.99. The first kappa shape index (κ1) is 19.3. The Bertz CT molecular complexity index is 838. The Balaban J connectivity index is 1.42. The highest BCUT2D eigenvalue weighted by molar-refractivity contribution is 5.98. The lowest BCUT2D eigenvalue weighted by Gasteiger charge is -2.52. The van der Waals surface area contributed by atoms with Crippen molar-refractivity contribution in [2.75, 3.05) is 13.7 Å². The van der Waals surface area contributed by atoms with Gasteiger partial charge in [0, 0.05) is 25.5 Å². The van der Waals surface area contributed by atoms with Crippen LogP contribution in [-0.2, 0) is 16.1 Å². The maximum atomic E-state index is 12.9. The van der Waals surface area contributed by atoms with E-state index in [2.05, 4.69) is 22.2 Å². The molecule has 4 atom stereocenters. The number of nitrogens with zero attached hydrogens (tertiary/aromatic N) is 3. The third kappa shape index (κ3) is 3.65. The number of aromatic nitrogens is 3. The first-order valence-electron chi connectivity index (χ1n) is 10.4. The van der Waals surface area contributed by atoms with E-state index in [1.165, 1.54) is 6.42 Å². The molecule has 5 rings (SSSR count). The summed E-state index contributed by atoms with van der Waals surface area (Å²) in [6.07, 6.45) is 7.60. The number of carbonyl (C=O) groups is 1. The van der Waals surface area contributed by atoms with E-state index in [9.17, 15) is 4.79 Å². The van der Waals surface area contributed by atoms with Gasteiger partial charge in [0.2, 0.25) is 0 Å². The Kier molecular flexibility index (Phi) is 5.64. The Morgan fingerprint density at radius 2 is 2.11 bits per heavy atom. The van der Waals surface area contributed by atoms with Crippen LogP contribution in [0.2, 0.25) is 0 Å². The summed E-state index contributed by atoms with van der Waals surface area (Å²) in [5.41, 5.74) is 2.77. The summed E-state index contributed by atoms with van der Waals surface area (Å²) in [5.74, 6) is 0.901. The van der Waals surface area contributed by atoms with Crippen LogP contribution in [0.4, 0.5) is 0 Å². The third-order valence-electron chi connectivity index (χ3n) is 6.16. The highest BCUT2D eigenvalue weighted by Gasteiger charge is 2.48. The number of methoxy groups -OCH3 is 1. The second-order valence-corrected chi connectivity index (χ2v) is 8.18. The molecule has 7 heteroatoms. The molecule has 0 saturated heterocycles. The molecule has 3 aliphatic carbocycles. The van der Waals surface area contributed by atoms with Gasteiger partial charge in [0.25, 0.3) is 5.91 Å². The van der Waals surface area contributed by atoms with Crippen molar-refractivity contribution in [3.63, 3.8) is 0 Å². The van der Waals surface area contributed by atoms with Gasteiger partial charge in [-0.2, -0.15) is 0 Å². The minimum absolute atomic E-state index is 0.131. The van der Waals surface area contributed by atoms with Crippen molar-refractivity contribution in [1.82, 2.24) is 19.7 Å². The van der Waals surface area contributed by atoms with E-state index in [1.807, 2.05) is 17.4 Å². The van der Waals surface area contributed by atoms with Crippen LogP contribution in [0.5, 0.6) is 0 Å². The van der Waals surface area contributed by atoms with Gasteiger partial charge in [-0.15, -0.1) is 0 Å². The highest BCUT2D eigenvalue weighted by atomic mass is 16.5. The van der Waals surface area contributed by atoms with Crippen LogP contribution in [0.25, 0.3) is 5.65 Å². The van der Waals surface area contributed by atoms with Crippen LogP contribution in [0.3, 0.4) is 0 Å². The van der Waals surface area contributed by atoms with Gasteiger partial charge >= 0.3 is 0 Å². The molecular weight excluding hydrogens is 356 g/mol. The number of nitrogens with one attached hydrogen (secondary N) is 1. The summed E-state index contributed by atoms with van der Waals surface area (Å²) >= 11 is 0. The van der Waals surface area contributed by atoms with Crippen molar-refractivity contribution < 1.29 is 14.3 Å². The molecule has 3 aliphatic rings. The third-order valence-corrected chi connectivity index (χ3v) is 6.16. The zero-order valence-electron chi connectivity index (χ0n) is 17.0. The van der Waals surface area contributed by atoms with Crippen LogP contribution in [0, 0.1) is 18.8 Å². The lowest BCUT2D eigenvalue weighted by molar-refractivity contribution is -0.0694. The molecule has 2 aromatic heterocycles. The fraction of sp³-hybridized carbons (Fsp3) is 0.667. The molecule has 28 heavy (non-hydrogen) atoms. The number of fused-ring (bicyclic) bond motifs is 3.